The number of piperidine rings is 1. The molecule has 0 bridgehead atoms. The molecule has 1 aliphatic heterocycles. The van der Waals surface area contributed by atoms with Crippen molar-refractivity contribution in [1.82, 2.24) is 15.4 Å². The lowest BCUT2D eigenvalue weighted by atomic mass is 9.93. The molecular formula is C23H28N4O3S. The summed E-state index contributed by atoms with van der Waals surface area (Å²) < 4.78 is 6.63. The number of urea groups is 1. The number of unbranched alkanes of at least 4 members (excludes halogenated alkanes) is 1. The first-order chi connectivity index (χ1) is 15.1. The lowest BCUT2D eigenvalue weighted by Crippen LogP contribution is -2.34. The van der Waals surface area contributed by atoms with Crippen LogP contribution in [0.25, 0.3) is 10.3 Å². The highest BCUT2D eigenvalue weighted by atomic mass is 32.1. The quantitative estimate of drug-likeness (QED) is 0.385. The van der Waals surface area contributed by atoms with Crippen LogP contribution in [-0.2, 0) is 0 Å². The number of hydrogen-bond donors (Lipinski definition) is 2. The van der Waals surface area contributed by atoms with Crippen LogP contribution in [0, 0.1) is 0 Å². The van der Waals surface area contributed by atoms with Gasteiger partial charge in [-0.05, 0) is 88.0 Å². The van der Waals surface area contributed by atoms with Crippen molar-refractivity contribution in [1.29, 1.82) is 0 Å². The van der Waals surface area contributed by atoms with Gasteiger partial charge in [0.05, 0.1) is 4.70 Å². The smallest absolute Gasteiger partial charge is 0.319 e. The Balaban J connectivity index is 1.10. The van der Waals surface area contributed by atoms with Crippen LogP contribution >= 0.6 is 11.3 Å². The zero-order valence-corrected chi connectivity index (χ0v) is 18.5. The molecule has 0 unspecified atom stereocenters. The number of likely N-dealkylation sites (tertiary alicyclic amines) is 1. The summed E-state index contributed by atoms with van der Waals surface area (Å²) in [6.07, 6.45) is 4.22. The Kier molecular flexibility index (Phi) is 6.99. The second-order valence-corrected chi connectivity index (χ2v) is 8.94. The van der Waals surface area contributed by atoms with Crippen LogP contribution in [0.2, 0.25) is 0 Å². The maximum atomic E-state index is 12.0. The van der Waals surface area contributed by atoms with Crippen LogP contribution in [0.4, 0.5) is 10.5 Å². The molecule has 0 spiro atoms. The molecule has 1 fully saturated rings. The number of nitrogens with zero attached hydrogens (tertiary/aromatic N) is 2. The maximum absolute atomic E-state index is 12.0. The van der Waals surface area contributed by atoms with E-state index in [9.17, 15) is 9.59 Å². The Morgan fingerprint density at radius 2 is 1.94 bits per heavy atom. The zero-order valence-electron chi connectivity index (χ0n) is 17.7. The predicted molar refractivity (Wildman–Crippen MR) is 123 cm³/mol. The molecule has 0 saturated carbocycles. The monoisotopic (exact) mass is 440 g/mol. The van der Waals surface area contributed by atoms with E-state index in [0.29, 0.717) is 23.7 Å². The van der Waals surface area contributed by atoms with Gasteiger partial charge in [0.25, 0.3) is 0 Å². The van der Waals surface area contributed by atoms with E-state index < -0.39 is 0 Å². The standard InChI is InChI=1S/C23H28N4O3S/c1-16(28)17-4-6-19(7-5-17)25-23(29)24-11-2-3-12-27-13-8-18(9-14-27)21-22-20(30-26-21)10-15-31-22/h4-7,10,15,18H,2-3,8-9,11-14H2,1H3,(H2,24,25,29). The molecule has 0 radical (unpaired) electrons. The number of amides is 2. The van der Waals surface area contributed by atoms with Gasteiger partial charge in [0.2, 0.25) is 0 Å². The second-order valence-electron chi connectivity index (χ2n) is 8.02. The molecule has 4 rings (SSSR count). The number of benzene rings is 1. The number of fused-ring (bicyclic) bond motifs is 1. The number of rotatable bonds is 8. The number of carbonyl (C=O) groups excluding carboxylic acids is 2. The van der Waals surface area contributed by atoms with Crippen molar-refractivity contribution >= 4 is 39.1 Å². The van der Waals surface area contributed by atoms with E-state index in [1.54, 1.807) is 35.6 Å². The van der Waals surface area contributed by atoms with Crippen molar-refractivity contribution in [3.05, 3.63) is 47.0 Å². The molecule has 0 aliphatic carbocycles. The SMILES string of the molecule is CC(=O)c1ccc(NC(=O)NCCCCN2CCC(c3noc4ccsc34)CC2)cc1. The van der Waals surface area contributed by atoms with Gasteiger partial charge in [-0.1, -0.05) is 5.16 Å². The molecule has 2 amide bonds. The normalized spacial score (nSPS) is 15.3. The van der Waals surface area contributed by atoms with Gasteiger partial charge in [0.15, 0.2) is 11.4 Å². The molecule has 3 aromatic rings. The Morgan fingerprint density at radius 3 is 2.68 bits per heavy atom. The Hall–Kier alpha value is -2.71. The van der Waals surface area contributed by atoms with Gasteiger partial charge in [-0.25, -0.2) is 4.79 Å². The van der Waals surface area contributed by atoms with Crippen LogP contribution in [0.5, 0.6) is 0 Å². The highest BCUT2D eigenvalue weighted by molar-refractivity contribution is 7.17. The predicted octanol–water partition coefficient (Wildman–Crippen LogP) is 4.87. The highest BCUT2D eigenvalue weighted by Crippen LogP contribution is 2.35. The van der Waals surface area contributed by atoms with Crippen molar-refractivity contribution in [2.75, 3.05) is 31.5 Å². The van der Waals surface area contributed by atoms with Crippen molar-refractivity contribution in [3.63, 3.8) is 0 Å². The van der Waals surface area contributed by atoms with Crippen LogP contribution in [0.1, 0.15) is 54.6 Å². The third-order valence-electron chi connectivity index (χ3n) is 5.81. The number of carbonyl (C=O) groups is 2. The first-order valence-corrected chi connectivity index (χ1v) is 11.7. The average Bonchev–Trinajstić information content (AvgIpc) is 3.38. The molecule has 8 heteroatoms. The van der Waals surface area contributed by atoms with Crippen molar-refractivity contribution < 1.29 is 14.1 Å². The van der Waals surface area contributed by atoms with Gasteiger partial charge in [-0.15, -0.1) is 11.3 Å². The van der Waals surface area contributed by atoms with Crippen molar-refractivity contribution in [2.24, 2.45) is 0 Å². The summed E-state index contributed by atoms with van der Waals surface area (Å²) in [6.45, 7) is 5.37. The number of aromatic nitrogens is 1. The first kappa shape index (κ1) is 21.5. The van der Waals surface area contributed by atoms with Gasteiger partial charge >= 0.3 is 6.03 Å². The van der Waals surface area contributed by atoms with E-state index in [4.69, 9.17) is 4.52 Å². The number of ketones is 1. The lowest BCUT2D eigenvalue weighted by molar-refractivity contribution is 0.101. The van der Waals surface area contributed by atoms with E-state index in [0.717, 1.165) is 56.6 Å². The summed E-state index contributed by atoms with van der Waals surface area (Å²) in [5.74, 6) is 0.504. The molecule has 164 valence electrons. The van der Waals surface area contributed by atoms with Crippen molar-refractivity contribution in [2.45, 2.75) is 38.5 Å². The lowest BCUT2D eigenvalue weighted by Gasteiger charge is -2.31. The molecule has 3 heterocycles. The highest BCUT2D eigenvalue weighted by Gasteiger charge is 2.25. The van der Waals surface area contributed by atoms with Gasteiger partial charge in [-0.2, -0.15) is 0 Å². The molecule has 1 saturated heterocycles. The number of anilines is 1. The number of nitrogens with one attached hydrogen (secondary N) is 2. The Morgan fingerprint density at radius 1 is 1.16 bits per heavy atom. The van der Waals surface area contributed by atoms with Crippen LogP contribution in [0.3, 0.4) is 0 Å². The van der Waals surface area contributed by atoms with E-state index in [1.165, 1.54) is 11.6 Å². The summed E-state index contributed by atoms with van der Waals surface area (Å²) in [7, 11) is 0. The number of Topliss-reactive ketones (excluding diaryl/α,β-unsaturated/α-hetero) is 1. The van der Waals surface area contributed by atoms with E-state index in [2.05, 4.69) is 26.1 Å². The fourth-order valence-electron chi connectivity index (χ4n) is 4.01. The minimum atomic E-state index is -0.219. The fourth-order valence-corrected chi connectivity index (χ4v) is 4.89. The minimum Gasteiger partial charge on any atom is -0.355 e. The van der Waals surface area contributed by atoms with Gasteiger partial charge < -0.3 is 20.1 Å². The third-order valence-corrected chi connectivity index (χ3v) is 6.73. The fraction of sp³-hybridized carbons (Fsp3) is 0.435. The van der Waals surface area contributed by atoms with Crippen LogP contribution < -0.4 is 10.6 Å². The van der Waals surface area contributed by atoms with Gasteiger partial charge in [0.1, 0.15) is 5.69 Å². The van der Waals surface area contributed by atoms with Crippen LogP contribution in [-0.4, -0.2) is 48.0 Å². The molecule has 31 heavy (non-hydrogen) atoms. The number of thiophene rings is 1. The summed E-state index contributed by atoms with van der Waals surface area (Å²) in [5.41, 5.74) is 3.36. The average molecular weight is 441 g/mol. The first-order valence-electron chi connectivity index (χ1n) is 10.8. The topological polar surface area (TPSA) is 87.5 Å². The molecule has 0 atom stereocenters. The van der Waals surface area contributed by atoms with E-state index in [1.807, 2.05) is 6.07 Å². The molecule has 2 aromatic heterocycles. The second kappa shape index (κ2) is 10.1. The van der Waals surface area contributed by atoms with Crippen molar-refractivity contribution in [3.8, 4) is 0 Å². The van der Waals surface area contributed by atoms with E-state index >= 15 is 0 Å². The molecule has 1 aromatic carbocycles. The Labute approximate surface area is 185 Å². The molecule has 1 aliphatic rings. The zero-order chi connectivity index (χ0) is 21.6. The minimum absolute atomic E-state index is 0.0122. The molecule has 7 nitrogen and oxygen atoms in total. The largest absolute Gasteiger partial charge is 0.355 e. The Bertz CT molecular complexity index is 1020. The maximum Gasteiger partial charge on any atom is 0.319 e. The van der Waals surface area contributed by atoms with Crippen LogP contribution in [0.15, 0.2) is 40.2 Å². The summed E-state index contributed by atoms with van der Waals surface area (Å²) in [5, 5.41) is 12.1. The third kappa shape index (κ3) is 5.51. The molecular weight excluding hydrogens is 412 g/mol. The summed E-state index contributed by atoms with van der Waals surface area (Å²) >= 11 is 1.72. The summed E-state index contributed by atoms with van der Waals surface area (Å²) in [4.78, 5) is 25.8. The van der Waals surface area contributed by atoms with Gasteiger partial charge in [-0.3, -0.25) is 4.79 Å². The molecule has 2 N–H and O–H groups in total. The number of hydrogen-bond acceptors (Lipinski definition) is 6. The summed E-state index contributed by atoms with van der Waals surface area (Å²) in [6, 6.07) is 8.68. The van der Waals surface area contributed by atoms with Gasteiger partial charge in [0, 0.05) is 23.7 Å². The van der Waals surface area contributed by atoms with E-state index in [-0.39, 0.29) is 11.8 Å².